The zero-order valence-corrected chi connectivity index (χ0v) is 13.8. The van der Waals surface area contributed by atoms with Crippen molar-refractivity contribution in [1.82, 2.24) is 15.1 Å². The Kier molecular flexibility index (Phi) is 4.67. The molecule has 0 spiro atoms. The summed E-state index contributed by atoms with van der Waals surface area (Å²) in [5.41, 5.74) is 2.34. The number of nitrogens with zero attached hydrogens (tertiary/aromatic N) is 2. The van der Waals surface area contributed by atoms with Gasteiger partial charge in [-0.25, -0.2) is 0 Å². The summed E-state index contributed by atoms with van der Waals surface area (Å²) in [7, 11) is 1.66. The maximum Gasteiger partial charge on any atom is 0.130 e. The molecule has 1 aliphatic heterocycles. The van der Waals surface area contributed by atoms with Gasteiger partial charge in [0.05, 0.1) is 13.2 Å². The van der Waals surface area contributed by atoms with Crippen molar-refractivity contribution < 1.29 is 9.47 Å². The van der Waals surface area contributed by atoms with E-state index in [1.54, 1.807) is 7.11 Å². The number of rotatable bonds is 6. The van der Waals surface area contributed by atoms with E-state index in [1.807, 2.05) is 41.3 Å². The Morgan fingerprint density at radius 1 is 1.39 bits per heavy atom. The second-order valence-corrected chi connectivity index (χ2v) is 5.89. The van der Waals surface area contributed by atoms with Crippen molar-refractivity contribution >= 4 is 6.08 Å². The average molecular weight is 313 g/mol. The van der Waals surface area contributed by atoms with Gasteiger partial charge in [-0.05, 0) is 43.7 Å². The van der Waals surface area contributed by atoms with E-state index in [9.17, 15) is 0 Å². The summed E-state index contributed by atoms with van der Waals surface area (Å²) in [5, 5.41) is 7.86. The molecule has 0 radical (unpaired) electrons. The van der Waals surface area contributed by atoms with Crippen LogP contribution in [0.25, 0.3) is 6.08 Å². The molecule has 0 fully saturated rings. The van der Waals surface area contributed by atoms with E-state index in [0.717, 1.165) is 23.6 Å². The van der Waals surface area contributed by atoms with Gasteiger partial charge >= 0.3 is 0 Å². The number of hydrogen-bond donors (Lipinski definition) is 1. The van der Waals surface area contributed by atoms with Gasteiger partial charge in [0, 0.05) is 36.6 Å². The number of nitrogens with one attached hydrogen (secondary N) is 1. The predicted molar refractivity (Wildman–Crippen MR) is 90.9 cm³/mol. The lowest BCUT2D eigenvalue weighted by Crippen LogP contribution is -2.36. The summed E-state index contributed by atoms with van der Waals surface area (Å²) in [5.74, 6) is 1.70. The molecule has 1 aromatic carbocycles. The van der Waals surface area contributed by atoms with Crippen LogP contribution in [0.2, 0.25) is 0 Å². The van der Waals surface area contributed by atoms with E-state index in [4.69, 9.17) is 9.47 Å². The molecule has 23 heavy (non-hydrogen) atoms. The molecule has 5 heteroatoms. The third-order valence-electron chi connectivity index (χ3n) is 4.31. The molecule has 2 aromatic rings. The molecule has 5 nitrogen and oxygen atoms in total. The lowest BCUT2D eigenvalue weighted by molar-refractivity contribution is 0.329. The largest absolute Gasteiger partial charge is 0.497 e. The van der Waals surface area contributed by atoms with Gasteiger partial charge in [-0.15, -0.1) is 0 Å². The fraction of sp³-hybridized carbons (Fsp3) is 0.389. The molecule has 1 N–H and O–H groups in total. The van der Waals surface area contributed by atoms with Gasteiger partial charge in [0.25, 0.3) is 0 Å². The Balaban J connectivity index is 1.61. The fourth-order valence-electron chi connectivity index (χ4n) is 2.63. The smallest absolute Gasteiger partial charge is 0.130 e. The second kappa shape index (κ2) is 6.87. The lowest BCUT2D eigenvalue weighted by atomic mass is 10.1. The number of benzene rings is 1. The number of aromatic nitrogens is 2. The first-order valence-corrected chi connectivity index (χ1v) is 7.90. The first kappa shape index (κ1) is 15.6. The molecule has 0 amide bonds. The Morgan fingerprint density at radius 3 is 3.00 bits per heavy atom. The van der Waals surface area contributed by atoms with Gasteiger partial charge in [0.15, 0.2) is 0 Å². The third-order valence-corrected chi connectivity index (χ3v) is 4.31. The van der Waals surface area contributed by atoms with Gasteiger partial charge < -0.3 is 14.8 Å². The molecular weight excluding hydrogens is 290 g/mol. The molecule has 2 atom stereocenters. The fourth-order valence-corrected chi connectivity index (χ4v) is 2.63. The van der Waals surface area contributed by atoms with Crippen molar-refractivity contribution in [3.63, 3.8) is 0 Å². The van der Waals surface area contributed by atoms with Gasteiger partial charge in [0.2, 0.25) is 0 Å². The maximum atomic E-state index is 5.84. The molecular formula is C18H23N3O2. The van der Waals surface area contributed by atoms with Crippen LogP contribution < -0.4 is 14.8 Å². The van der Waals surface area contributed by atoms with Crippen molar-refractivity contribution in [2.45, 2.75) is 25.9 Å². The lowest BCUT2D eigenvalue weighted by Gasteiger charge is -2.24. The molecule has 2 heterocycles. The summed E-state index contributed by atoms with van der Waals surface area (Å²) in [6.45, 7) is 5.75. The monoisotopic (exact) mass is 313 g/mol. The van der Waals surface area contributed by atoms with Crippen LogP contribution in [-0.4, -0.2) is 36.1 Å². The quantitative estimate of drug-likeness (QED) is 0.891. The number of methoxy groups -OCH3 is 1. The summed E-state index contributed by atoms with van der Waals surface area (Å²) in [6, 6.07) is 8.48. The van der Waals surface area contributed by atoms with Crippen molar-refractivity contribution in [1.29, 1.82) is 0 Å². The second-order valence-electron chi connectivity index (χ2n) is 5.89. The summed E-state index contributed by atoms with van der Waals surface area (Å²) in [4.78, 5) is 0. The highest BCUT2D eigenvalue weighted by Crippen LogP contribution is 2.30. The molecule has 3 rings (SSSR count). The first-order valence-electron chi connectivity index (χ1n) is 7.90. The normalized spacial score (nSPS) is 16.0. The van der Waals surface area contributed by atoms with E-state index in [2.05, 4.69) is 30.3 Å². The molecule has 0 saturated heterocycles. The van der Waals surface area contributed by atoms with Crippen LogP contribution in [0.5, 0.6) is 11.5 Å². The first-order chi connectivity index (χ1) is 11.2. The zero-order valence-electron chi connectivity index (χ0n) is 13.8. The highest BCUT2D eigenvalue weighted by Gasteiger charge is 2.16. The van der Waals surface area contributed by atoms with E-state index >= 15 is 0 Å². The van der Waals surface area contributed by atoms with Crippen molar-refractivity contribution in [2.75, 3.05) is 20.3 Å². The van der Waals surface area contributed by atoms with Crippen LogP contribution in [0, 0.1) is 0 Å². The highest BCUT2D eigenvalue weighted by molar-refractivity contribution is 5.63. The van der Waals surface area contributed by atoms with Crippen LogP contribution in [-0.2, 0) is 0 Å². The molecule has 0 bridgehead atoms. The van der Waals surface area contributed by atoms with Crippen molar-refractivity contribution in [3.05, 3.63) is 47.8 Å². The van der Waals surface area contributed by atoms with Crippen LogP contribution in [0.3, 0.4) is 0 Å². The number of hydrogen-bond acceptors (Lipinski definition) is 4. The highest BCUT2D eigenvalue weighted by atomic mass is 16.5. The van der Waals surface area contributed by atoms with E-state index in [-0.39, 0.29) is 0 Å². The Labute approximate surface area is 136 Å². The zero-order chi connectivity index (χ0) is 16.2. The SMILES string of the molecule is COc1ccc2c(c1)OCC(CN[C@H](C)[C@H](C)n1cccn1)=C2. The predicted octanol–water partition coefficient (Wildman–Crippen LogP) is 2.91. The molecule has 1 aliphatic rings. The number of fused-ring (bicyclic) bond motifs is 1. The standard InChI is InChI=1S/C18H23N3O2/c1-13(14(2)21-8-4-7-20-21)19-11-15-9-16-5-6-17(22-3)10-18(16)23-12-15/h4-10,13-14,19H,11-12H2,1-3H3/t13-,14+/m1/s1. The minimum Gasteiger partial charge on any atom is -0.497 e. The summed E-state index contributed by atoms with van der Waals surface area (Å²) < 4.78 is 13.0. The Bertz CT molecular complexity index is 680. The van der Waals surface area contributed by atoms with E-state index in [1.165, 1.54) is 5.57 Å². The van der Waals surface area contributed by atoms with Crippen LogP contribution in [0.1, 0.15) is 25.5 Å². The minimum atomic E-state index is 0.298. The topological polar surface area (TPSA) is 48.3 Å². The number of ether oxygens (including phenoxy) is 2. The average Bonchev–Trinajstić information content (AvgIpc) is 3.12. The Morgan fingerprint density at radius 2 is 2.26 bits per heavy atom. The maximum absolute atomic E-state index is 5.84. The van der Waals surface area contributed by atoms with Crippen molar-refractivity contribution in [2.24, 2.45) is 0 Å². The minimum absolute atomic E-state index is 0.298. The summed E-state index contributed by atoms with van der Waals surface area (Å²) >= 11 is 0. The van der Waals surface area contributed by atoms with Crippen molar-refractivity contribution in [3.8, 4) is 11.5 Å². The van der Waals surface area contributed by atoms with Crippen LogP contribution in [0.15, 0.2) is 42.2 Å². The molecule has 0 saturated carbocycles. The van der Waals surface area contributed by atoms with Crippen LogP contribution in [0.4, 0.5) is 0 Å². The molecule has 0 aliphatic carbocycles. The molecule has 1 aromatic heterocycles. The molecule has 122 valence electrons. The van der Waals surface area contributed by atoms with Gasteiger partial charge in [0.1, 0.15) is 18.1 Å². The van der Waals surface area contributed by atoms with Crippen LogP contribution >= 0.6 is 0 Å². The van der Waals surface area contributed by atoms with E-state index < -0.39 is 0 Å². The van der Waals surface area contributed by atoms with Gasteiger partial charge in [-0.1, -0.05) is 0 Å². The van der Waals surface area contributed by atoms with Gasteiger partial charge in [-0.2, -0.15) is 5.10 Å². The Hall–Kier alpha value is -2.27. The van der Waals surface area contributed by atoms with Gasteiger partial charge in [-0.3, -0.25) is 4.68 Å². The van der Waals surface area contributed by atoms with E-state index in [0.29, 0.717) is 18.7 Å². The summed E-state index contributed by atoms with van der Waals surface area (Å²) in [6.07, 6.45) is 6.00. The third kappa shape index (κ3) is 3.56. The molecule has 0 unspecified atom stereocenters.